The summed E-state index contributed by atoms with van der Waals surface area (Å²) >= 11 is 0. The number of rotatable bonds is 7. The Labute approximate surface area is 116 Å². The fourth-order valence-electron chi connectivity index (χ4n) is 2.02. The van der Waals surface area contributed by atoms with E-state index in [1.807, 2.05) is 32.7 Å². The van der Waals surface area contributed by atoms with Crippen LogP contribution in [-0.2, 0) is 6.54 Å². The topological polar surface area (TPSA) is 41.4 Å². The minimum absolute atomic E-state index is 0.0682. The summed E-state index contributed by atoms with van der Waals surface area (Å²) in [4.78, 5) is 16.2. The maximum atomic E-state index is 12.3. The molecular formula is C14H26N4O. The summed E-state index contributed by atoms with van der Waals surface area (Å²) < 4.78 is 1.90. The van der Waals surface area contributed by atoms with E-state index in [1.54, 1.807) is 11.1 Å². The number of nitrogens with zero attached hydrogens (tertiary/aromatic N) is 4. The Morgan fingerprint density at radius 2 is 2.00 bits per heavy atom. The lowest BCUT2D eigenvalue weighted by molar-refractivity contribution is 0.0790. The molecule has 0 saturated carbocycles. The molecule has 5 nitrogen and oxygen atoms in total. The van der Waals surface area contributed by atoms with Gasteiger partial charge in [0.25, 0.3) is 5.91 Å². The maximum absolute atomic E-state index is 12.3. The van der Waals surface area contributed by atoms with Crippen LogP contribution in [-0.4, -0.2) is 59.7 Å². The van der Waals surface area contributed by atoms with Crippen LogP contribution in [0.3, 0.4) is 0 Å². The van der Waals surface area contributed by atoms with Gasteiger partial charge in [-0.1, -0.05) is 6.92 Å². The molecule has 1 rings (SSSR count). The Bertz CT molecular complexity index is 412. The first-order chi connectivity index (χ1) is 8.97. The van der Waals surface area contributed by atoms with Gasteiger partial charge in [0.1, 0.15) is 0 Å². The van der Waals surface area contributed by atoms with Crippen molar-refractivity contribution < 1.29 is 4.79 Å². The first kappa shape index (κ1) is 15.7. The molecule has 0 spiro atoms. The van der Waals surface area contributed by atoms with Crippen molar-refractivity contribution in [1.82, 2.24) is 19.6 Å². The van der Waals surface area contributed by atoms with Crippen LogP contribution in [0, 0.1) is 6.92 Å². The van der Waals surface area contributed by atoms with Crippen LogP contribution in [0.2, 0.25) is 0 Å². The molecule has 5 heteroatoms. The fourth-order valence-corrected chi connectivity index (χ4v) is 2.02. The molecule has 1 amide bonds. The minimum Gasteiger partial charge on any atom is -0.342 e. The average Bonchev–Trinajstić information content (AvgIpc) is 2.70. The lowest BCUT2D eigenvalue weighted by Crippen LogP contribution is -2.30. The van der Waals surface area contributed by atoms with E-state index in [4.69, 9.17) is 0 Å². The number of amides is 1. The van der Waals surface area contributed by atoms with E-state index in [0.29, 0.717) is 0 Å². The van der Waals surface area contributed by atoms with Gasteiger partial charge in [0.15, 0.2) is 0 Å². The lowest BCUT2D eigenvalue weighted by atomic mass is 10.2. The van der Waals surface area contributed by atoms with Gasteiger partial charge >= 0.3 is 0 Å². The summed E-state index contributed by atoms with van der Waals surface area (Å²) in [5, 5.41) is 4.28. The van der Waals surface area contributed by atoms with E-state index >= 15 is 0 Å². The third-order valence-corrected chi connectivity index (χ3v) is 3.21. The molecule has 0 bridgehead atoms. The van der Waals surface area contributed by atoms with Gasteiger partial charge in [0.05, 0.1) is 11.8 Å². The molecule has 19 heavy (non-hydrogen) atoms. The summed E-state index contributed by atoms with van der Waals surface area (Å²) in [5.74, 6) is 0.0682. The Morgan fingerprint density at radius 1 is 1.32 bits per heavy atom. The second kappa shape index (κ2) is 7.28. The first-order valence-corrected chi connectivity index (χ1v) is 6.90. The van der Waals surface area contributed by atoms with Crippen LogP contribution in [0.4, 0.5) is 0 Å². The van der Waals surface area contributed by atoms with Crippen molar-refractivity contribution in [3.8, 4) is 0 Å². The molecule has 0 N–H and O–H groups in total. The number of aromatic nitrogens is 2. The maximum Gasteiger partial charge on any atom is 0.257 e. The minimum atomic E-state index is 0.0682. The number of hydrogen-bond acceptors (Lipinski definition) is 3. The Hall–Kier alpha value is -1.36. The average molecular weight is 266 g/mol. The van der Waals surface area contributed by atoms with Gasteiger partial charge in [-0.3, -0.25) is 9.48 Å². The second-order valence-corrected chi connectivity index (χ2v) is 5.25. The number of carbonyl (C=O) groups excluding carboxylic acids is 1. The van der Waals surface area contributed by atoms with Gasteiger partial charge in [-0.2, -0.15) is 5.10 Å². The highest BCUT2D eigenvalue weighted by molar-refractivity contribution is 5.94. The van der Waals surface area contributed by atoms with E-state index in [1.165, 1.54) is 0 Å². The zero-order chi connectivity index (χ0) is 14.4. The number of aryl methyl sites for hydroxylation is 1. The zero-order valence-corrected chi connectivity index (χ0v) is 12.8. The van der Waals surface area contributed by atoms with Gasteiger partial charge in [0, 0.05) is 25.8 Å². The predicted octanol–water partition coefficient (Wildman–Crippen LogP) is 1.63. The van der Waals surface area contributed by atoms with E-state index in [2.05, 4.69) is 16.9 Å². The van der Waals surface area contributed by atoms with E-state index in [9.17, 15) is 4.79 Å². The van der Waals surface area contributed by atoms with Crippen LogP contribution in [0.25, 0.3) is 0 Å². The molecule has 0 saturated heterocycles. The summed E-state index contributed by atoms with van der Waals surface area (Å²) in [6.07, 6.45) is 3.70. The molecule has 0 atom stereocenters. The highest BCUT2D eigenvalue weighted by Crippen LogP contribution is 2.10. The Balaban J connectivity index is 2.61. The number of hydrogen-bond donors (Lipinski definition) is 0. The highest BCUT2D eigenvalue weighted by atomic mass is 16.2. The normalized spacial score (nSPS) is 11.1. The predicted molar refractivity (Wildman–Crippen MR) is 77.4 cm³/mol. The quantitative estimate of drug-likeness (QED) is 0.753. The van der Waals surface area contributed by atoms with Crippen LogP contribution < -0.4 is 0 Å². The molecule has 1 aromatic heterocycles. The molecule has 0 aromatic carbocycles. The monoisotopic (exact) mass is 266 g/mol. The van der Waals surface area contributed by atoms with E-state index < -0.39 is 0 Å². The van der Waals surface area contributed by atoms with E-state index in [0.717, 1.165) is 43.7 Å². The largest absolute Gasteiger partial charge is 0.342 e. The molecule has 0 fully saturated rings. The Morgan fingerprint density at radius 3 is 2.58 bits per heavy atom. The fraction of sp³-hybridized carbons (Fsp3) is 0.714. The zero-order valence-electron chi connectivity index (χ0n) is 12.8. The van der Waals surface area contributed by atoms with Crippen molar-refractivity contribution in [2.75, 3.05) is 34.2 Å². The summed E-state index contributed by atoms with van der Waals surface area (Å²) in [7, 11) is 5.94. The van der Waals surface area contributed by atoms with Crippen LogP contribution >= 0.6 is 0 Å². The third-order valence-electron chi connectivity index (χ3n) is 3.21. The van der Waals surface area contributed by atoms with Crippen LogP contribution in [0.1, 0.15) is 35.8 Å². The van der Waals surface area contributed by atoms with Crippen molar-refractivity contribution in [3.05, 3.63) is 17.5 Å². The molecule has 1 heterocycles. The summed E-state index contributed by atoms with van der Waals surface area (Å²) in [6, 6.07) is 0. The molecular weight excluding hydrogens is 240 g/mol. The first-order valence-electron chi connectivity index (χ1n) is 6.90. The Kier molecular flexibility index (Phi) is 6.02. The molecule has 0 aliphatic rings. The molecule has 1 aromatic rings. The van der Waals surface area contributed by atoms with E-state index in [-0.39, 0.29) is 5.91 Å². The van der Waals surface area contributed by atoms with Crippen molar-refractivity contribution in [1.29, 1.82) is 0 Å². The lowest BCUT2D eigenvalue weighted by Gasteiger charge is -2.18. The summed E-state index contributed by atoms with van der Waals surface area (Å²) in [5.41, 5.74) is 1.69. The molecule has 0 unspecified atom stereocenters. The molecule has 0 radical (unpaired) electrons. The smallest absolute Gasteiger partial charge is 0.257 e. The molecule has 108 valence electrons. The van der Waals surface area contributed by atoms with Crippen molar-refractivity contribution >= 4 is 5.91 Å². The van der Waals surface area contributed by atoms with Crippen molar-refractivity contribution in [3.63, 3.8) is 0 Å². The van der Waals surface area contributed by atoms with Crippen molar-refractivity contribution in [2.24, 2.45) is 0 Å². The van der Waals surface area contributed by atoms with Gasteiger partial charge < -0.3 is 9.80 Å². The van der Waals surface area contributed by atoms with Crippen molar-refractivity contribution in [2.45, 2.75) is 33.2 Å². The SMILES string of the molecule is CCCn1ncc(C(=O)N(C)CCCN(C)C)c1C. The van der Waals surface area contributed by atoms with Crippen LogP contribution in [0.5, 0.6) is 0 Å². The number of carbonyl (C=O) groups is 1. The molecule has 0 aliphatic carbocycles. The van der Waals surface area contributed by atoms with Gasteiger partial charge in [0.2, 0.25) is 0 Å². The summed E-state index contributed by atoms with van der Waals surface area (Å²) in [6.45, 7) is 6.70. The standard InChI is InChI=1S/C14H26N4O/c1-6-8-18-12(2)13(11-15-18)14(19)17(5)10-7-9-16(3)4/h11H,6-10H2,1-5H3. The van der Waals surface area contributed by atoms with Crippen LogP contribution in [0.15, 0.2) is 6.20 Å². The second-order valence-electron chi connectivity index (χ2n) is 5.25. The third kappa shape index (κ3) is 4.35. The molecule has 0 aliphatic heterocycles. The highest BCUT2D eigenvalue weighted by Gasteiger charge is 2.17. The van der Waals surface area contributed by atoms with Gasteiger partial charge in [-0.05, 0) is 40.4 Å². The van der Waals surface area contributed by atoms with Gasteiger partial charge in [-0.15, -0.1) is 0 Å². The van der Waals surface area contributed by atoms with Gasteiger partial charge in [-0.25, -0.2) is 0 Å².